The van der Waals surface area contributed by atoms with Crippen molar-refractivity contribution in [1.82, 2.24) is 4.72 Å². The van der Waals surface area contributed by atoms with Gasteiger partial charge in [0.15, 0.2) is 0 Å². The summed E-state index contributed by atoms with van der Waals surface area (Å²) in [5.74, 6) is -0.257. The van der Waals surface area contributed by atoms with E-state index >= 15 is 0 Å². The molecule has 0 aromatic heterocycles. The van der Waals surface area contributed by atoms with Crippen LogP contribution in [-0.4, -0.2) is 8.96 Å². The van der Waals surface area contributed by atoms with E-state index in [0.717, 1.165) is 5.56 Å². The second-order valence-electron chi connectivity index (χ2n) is 4.77. The lowest BCUT2D eigenvalue weighted by molar-refractivity contribution is 0.612. The molecule has 0 spiro atoms. The number of hydrogen-bond acceptors (Lipinski definition) is 1. The molecule has 1 rings (SSSR count). The average molecular weight is 243 g/mol. The van der Waals surface area contributed by atoms with Crippen molar-refractivity contribution in [2.24, 2.45) is 0 Å². The molecule has 0 saturated carbocycles. The summed E-state index contributed by atoms with van der Waals surface area (Å²) in [7, 11) is -1.12. The summed E-state index contributed by atoms with van der Waals surface area (Å²) >= 11 is 0. The van der Waals surface area contributed by atoms with E-state index in [1.807, 2.05) is 27.7 Å². The number of halogens is 1. The van der Waals surface area contributed by atoms with Crippen LogP contribution in [0.2, 0.25) is 0 Å². The van der Waals surface area contributed by atoms with Crippen molar-refractivity contribution in [3.8, 4) is 0 Å². The molecule has 0 saturated heterocycles. The summed E-state index contributed by atoms with van der Waals surface area (Å²) in [6.07, 6.45) is 0. The molecule has 2 nitrogen and oxygen atoms in total. The van der Waals surface area contributed by atoms with Gasteiger partial charge in [0.1, 0.15) is 5.82 Å². The van der Waals surface area contributed by atoms with Gasteiger partial charge in [-0.3, -0.25) is 0 Å². The SMILES string of the molecule is CC(NS(=O)C(C)(C)C)c1ccc(F)cc1. The van der Waals surface area contributed by atoms with Crippen LogP contribution in [0.4, 0.5) is 4.39 Å². The first-order valence-corrected chi connectivity index (χ1v) is 6.39. The van der Waals surface area contributed by atoms with Crippen LogP contribution in [0.3, 0.4) is 0 Å². The zero-order valence-corrected chi connectivity index (χ0v) is 10.9. The summed E-state index contributed by atoms with van der Waals surface area (Å²) in [5, 5.41) is 0. The molecule has 0 bridgehead atoms. The summed E-state index contributed by atoms with van der Waals surface area (Å²) in [6.45, 7) is 7.64. The van der Waals surface area contributed by atoms with Gasteiger partial charge in [-0.15, -0.1) is 0 Å². The zero-order valence-electron chi connectivity index (χ0n) is 10.1. The van der Waals surface area contributed by atoms with Gasteiger partial charge >= 0.3 is 0 Å². The van der Waals surface area contributed by atoms with Gasteiger partial charge in [-0.25, -0.2) is 13.3 Å². The third-order valence-corrected chi connectivity index (χ3v) is 3.89. The van der Waals surface area contributed by atoms with E-state index in [4.69, 9.17) is 0 Å². The minimum atomic E-state index is -1.12. The largest absolute Gasteiger partial charge is 0.242 e. The number of benzene rings is 1. The third kappa shape index (κ3) is 3.68. The first-order valence-electron chi connectivity index (χ1n) is 5.24. The second-order valence-corrected chi connectivity index (χ2v) is 6.77. The van der Waals surface area contributed by atoms with E-state index in [1.165, 1.54) is 12.1 Å². The highest BCUT2D eigenvalue weighted by Gasteiger charge is 2.21. The van der Waals surface area contributed by atoms with Crippen molar-refractivity contribution in [2.75, 3.05) is 0 Å². The maximum atomic E-state index is 12.7. The van der Waals surface area contributed by atoms with Crippen LogP contribution < -0.4 is 4.72 Å². The first-order chi connectivity index (χ1) is 7.30. The number of rotatable bonds is 3. The smallest absolute Gasteiger partial charge is 0.123 e. The van der Waals surface area contributed by atoms with Gasteiger partial charge in [-0.1, -0.05) is 12.1 Å². The Balaban J connectivity index is 2.69. The average Bonchev–Trinajstić information content (AvgIpc) is 2.17. The van der Waals surface area contributed by atoms with E-state index in [0.29, 0.717) is 0 Å². The maximum Gasteiger partial charge on any atom is 0.123 e. The molecule has 2 unspecified atom stereocenters. The molecule has 0 heterocycles. The van der Waals surface area contributed by atoms with Crippen LogP contribution in [0.25, 0.3) is 0 Å². The van der Waals surface area contributed by atoms with E-state index in [1.54, 1.807) is 12.1 Å². The Morgan fingerprint density at radius 3 is 2.19 bits per heavy atom. The number of nitrogens with one attached hydrogen (secondary N) is 1. The standard InChI is InChI=1S/C12H18FNOS/c1-9(14-16(15)12(2,3)4)10-5-7-11(13)8-6-10/h5-9,14H,1-4H3. The lowest BCUT2D eigenvalue weighted by Gasteiger charge is -2.22. The van der Waals surface area contributed by atoms with E-state index < -0.39 is 11.0 Å². The molecule has 0 aliphatic rings. The molecule has 0 amide bonds. The predicted molar refractivity (Wildman–Crippen MR) is 65.8 cm³/mol. The van der Waals surface area contributed by atoms with Crippen molar-refractivity contribution in [1.29, 1.82) is 0 Å². The summed E-state index contributed by atoms with van der Waals surface area (Å²) < 4.78 is 27.3. The fraction of sp³-hybridized carbons (Fsp3) is 0.500. The Bertz CT molecular complexity index is 370. The van der Waals surface area contributed by atoms with Gasteiger partial charge < -0.3 is 0 Å². The van der Waals surface area contributed by atoms with Gasteiger partial charge in [0, 0.05) is 6.04 Å². The molecule has 0 aliphatic carbocycles. The molecule has 1 aromatic carbocycles. The monoisotopic (exact) mass is 243 g/mol. The highest BCUT2D eigenvalue weighted by atomic mass is 32.2. The topological polar surface area (TPSA) is 29.1 Å². The summed E-state index contributed by atoms with van der Waals surface area (Å²) in [6, 6.07) is 6.17. The van der Waals surface area contributed by atoms with Gasteiger partial charge in [0.2, 0.25) is 0 Å². The van der Waals surface area contributed by atoms with Crippen LogP contribution in [0.1, 0.15) is 39.3 Å². The van der Waals surface area contributed by atoms with Gasteiger partial charge in [-0.05, 0) is 45.4 Å². The zero-order chi connectivity index (χ0) is 12.3. The summed E-state index contributed by atoms with van der Waals surface area (Å²) in [5.41, 5.74) is 0.930. The number of hydrogen-bond donors (Lipinski definition) is 1. The van der Waals surface area contributed by atoms with Crippen LogP contribution >= 0.6 is 0 Å². The first kappa shape index (κ1) is 13.3. The Morgan fingerprint density at radius 1 is 1.25 bits per heavy atom. The molecular weight excluding hydrogens is 225 g/mol. The minimum Gasteiger partial charge on any atom is -0.242 e. The third-order valence-electron chi connectivity index (χ3n) is 2.21. The lowest BCUT2D eigenvalue weighted by Crippen LogP contribution is -2.34. The maximum absolute atomic E-state index is 12.7. The van der Waals surface area contributed by atoms with Crippen LogP contribution in [0.15, 0.2) is 24.3 Å². The van der Waals surface area contributed by atoms with Crippen molar-refractivity contribution in [3.05, 3.63) is 35.6 Å². The Morgan fingerprint density at radius 2 is 1.75 bits per heavy atom. The van der Waals surface area contributed by atoms with Crippen molar-refractivity contribution >= 4 is 11.0 Å². The van der Waals surface area contributed by atoms with E-state index in [9.17, 15) is 8.60 Å². The lowest BCUT2D eigenvalue weighted by atomic mass is 10.1. The van der Waals surface area contributed by atoms with Crippen LogP contribution in [0.5, 0.6) is 0 Å². The molecule has 1 N–H and O–H groups in total. The predicted octanol–water partition coefficient (Wildman–Crippen LogP) is 2.94. The van der Waals surface area contributed by atoms with Crippen LogP contribution in [-0.2, 0) is 11.0 Å². The normalized spacial score (nSPS) is 15.8. The highest BCUT2D eigenvalue weighted by Crippen LogP contribution is 2.17. The Hall–Kier alpha value is -0.740. The van der Waals surface area contributed by atoms with Crippen molar-refractivity contribution in [3.63, 3.8) is 0 Å². The van der Waals surface area contributed by atoms with E-state index in [-0.39, 0.29) is 16.6 Å². The molecule has 4 heteroatoms. The highest BCUT2D eigenvalue weighted by molar-refractivity contribution is 7.84. The quantitative estimate of drug-likeness (QED) is 0.869. The van der Waals surface area contributed by atoms with E-state index in [2.05, 4.69) is 4.72 Å². The summed E-state index contributed by atoms with van der Waals surface area (Å²) in [4.78, 5) is 0. The molecule has 90 valence electrons. The fourth-order valence-electron chi connectivity index (χ4n) is 1.16. The molecule has 1 aromatic rings. The molecule has 2 atom stereocenters. The molecule has 0 radical (unpaired) electrons. The Labute approximate surface area is 98.8 Å². The minimum absolute atomic E-state index is 0.0549. The van der Waals surface area contributed by atoms with Crippen molar-refractivity contribution in [2.45, 2.75) is 38.5 Å². The van der Waals surface area contributed by atoms with Gasteiger partial charge in [-0.2, -0.15) is 0 Å². The van der Waals surface area contributed by atoms with Gasteiger partial charge in [0.25, 0.3) is 0 Å². The second kappa shape index (κ2) is 5.06. The van der Waals surface area contributed by atoms with Crippen LogP contribution in [0, 0.1) is 5.82 Å². The molecule has 0 aliphatic heterocycles. The molecular formula is C12H18FNOS. The molecule has 16 heavy (non-hydrogen) atoms. The van der Waals surface area contributed by atoms with Crippen molar-refractivity contribution < 1.29 is 8.60 Å². The Kier molecular flexibility index (Phi) is 4.21. The fourth-order valence-corrected chi connectivity index (χ4v) is 1.97. The molecule has 0 fully saturated rings. The van der Waals surface area contributed by atoms with Gasteiger partial charge in [0.05, 0.1) is 15.7 Å².